The second-order valence-corrected chi connectivity index (χ2v) is 7.97. The summed E-state index contributed by atoms with van der Waals surface area (Å²) in [4.78, 5) is 18.1. The van der Waals surface area contributed by atoms with Gasteiger partial charge in [0, 0.05) is 28.9 Å². The van der Waals surface area contributed by atoms with E-state index in [0.29, 0.717) is 0 Å². The molecule has 30 heavy (non-hydrogen) atoms. The van der Waals surface area contributed by atoms with Crippen LogP contribution in [0.15, 0.2) is 73.1 Å². The van der Waals surface area contributed by atoms with Crippen molar-refractivity contribution in [1.29, 1.82) is 0 Å². The van der Waals surface area contributed by atoms with E-state index in [1.54, 1.807) is 11.1 Å². The molecule has 1 aliphatic rings. The number of hydrogen-bond acceptors (Lipinski definition) is 4. The number of piperazine rings is 1. The summed E-state index contributed by atoms with van der Waals surface area (Å²) in [6.45, 7) is 7.50. The first-order valence-electron chi connectivity index (χ1n) is 10.6. The molecular weight excluding hydrogens is 370 g/mol. The van der Waals surface area contributed by atoms with Crippen molar-refractivity contribution in [2.45, 2.75) is 13.5 Å². The molecule has 0 unspecified atom stereocenters. The van der Waals surface area contributed by atoms with Crippen LogP contribution < -0.4 is 9.80 Å². The summed E-state index contributed by atoms with van der Waals surface area (Å²) < 4.78 is 0. The molecule has 1 N–H and O–H groups in total. The summed E-state index contributed by atoms with van der Waals surface area (Å²) in [6.07, 6.45) is 3.61. The van der Waals surface area contributed by atoms with Crippen LogP contribution in [-0.2, 0) is 6.54 Å². The maximum Gasteiger partial charge on any atom is 0.163 e. The first-order valence-corrected chi connectivity index (χ1v) is 10.6. The second-order valence-electron chi connectivity index (χ2n) is 7.97. The number of rotatable bonds is 4. The molecule has 0 spiro atoms. The van der Waals surface area contributed by atoms with Gasteiger partial charge in [-0.25, -0.2) is 9.97 Å². The Kier molecular flexibility index (Phi) is 5.11. The van der Waals surface area contributed by atoms with Crippen LogP contribution in [0.1, 0.15) is 11.1 Å². The van der Waals surface area contributed by atoms with Crippen LogP contribution in [0.2, 0.25) is 0 Å². The number of pyridine rings is 1. The summed E-state index contributed by atoms with van der Waals surface area (Å²) in [7, 11) is 0. The molecule has 0 radical (unpaired) electrons. The summed E-state index contributed by atoms with van der Waals surface area (Å²) in [5.74, 6) is 1.78. The average Bonchev–Trinajstić information content (AvgIpc) is 2.81. The van der Waals surface area contributed by atoms with Crippen LogP contribution in [0.25, 0.3) is 22.3 Å². The zero-order valence-corrected chi connectivity index (χ0v) is 17.3. The van der Waals surface area contributed by atoms with Crippen LogP contribution in [0.3, 0.4) is 0 Å². The van der Waals surface area contributed by atoms with E-state index in [9.17, 15) is 0 Å². The zero-order chi connectivity index (χ0) is 20.3. The quantitative estimate of drug-likeness (QED) is 0.576. The lowest BCUT2D eigenvalue weighted by Crippen LogP contribution is -3.13. The highest BCUT2D eigenvalue weighted by Crippen LogP contribution is 2.27. The molecule has 0 bridgehead atoms. The summed E-state index contributed by atoms with van der Waals surface area (Å²) in [6, 6.07) is 21.0. The minimum absolute atomic E-state index is 0.742. The monoisotopic (exact) mass is 396 g/mol. The molecule has 5 rings (SSSR count). The van der Waals surface area contributed by atoms with Gasteiger partial charge in [0.25, 0.3) is 0 Å². The normalized spacial score (nSPS) is 14.9. The molecule has 150 valence electrons. The molecule has 5 heteroatoms. The van der Waals surface area contributed by atoms with Crippen molar-refractivity contribution in [3.05, 3.63) is 84.2 Å². The van der Waals surface area contributed by atoms with Gasteiger partial charge in [0.2, 0.25) is 0 Å². The van der Waals surface area contributed by atoms with Crippen molar-refractivity contribution < 1.29 is 4.90 Å². The molecule has 4 aromatic rings. The molecule has 1 saturated heterocycles. The third-order valence-electron chi connectivity index (χ3n) is 5.97. The van der Waals surface area contributed by atoms with Crippen molar-refractivity contribution >= 4 is 16.7 Å². The fourth-order valence-corrected chi connectivity index (χ4v) is 4.21. The van der Waals surface area contributed by atoms with Crippen LogP contribution in [0, 0.1) is 6.92 Å². The van der Waals surface area contributed by atoms with Gasteiger partial charge in [-0.3, -0.25) is 4.98 Å². The summed E-state index contributed by atoms with van der Waals surface area (Å²) >= 11 is 0. The van der Waals surface area contributed by atoms with E-state index in [1.165, 1.54) is 11.1 Å². The van der Waals surface area contributed by atoms with Gasteiger partial charge in [0.15, 0.2) is 5.82 Å². The second kappa shape index (κ2) is 8.20. The molecular formula is C25H26N5+. The molecule has 1 aliphatic heterocycles. The van der Waals surface area contributed by atoms with E-state index in [1.807, 2.05) is 24.4 Å². The Hall–Kier alpha value is -3.31. The van der Waals surface area contributed by atoms with E-state index in [4.69, 9.17) is 9.97 Å². The zero-order valence-electron chi connectivity index (χ0n) is 17.3. The number of benzene rings is 2. The Morgan fingerprint density at radius 2 is 1.70 bits per heavy atom. The standard InChI is InChI=1S/C25H25N5/c1-19-7-2-3-8-21(19)18-29-13-15-30(16-14-29)25-22-10-4-5-11-23(22)27-24(28-25)20-9-6-12-26-17-20/h2-12,17H,13-16,18H2,1H3/p+1. The van der Waals surface area contributed by atoms with Gasteiger partial charge in [-0.15, -0.1) is 0 Å². The number of para-hydroxylation sites is 1. The molecule has 2 aromatic carbocycles. The van der Waals surface area contributed by atoms with Crippen molar-refractivity contribution in [3.8, 4) is 11.4 Å². The third-order valence-corrected chi connectivity index (χ3v) is 5.97. The molecule has 0 amide bonds. The van der Waals surface area contributed by atoms with Gasteiger partial charge >= 0.3 is 0 Å². The van der Waals surface area contributed by atoms with Crippen molar-refractivity contribution in [1.82, 2.24) is 15.0 Å². The Bertz CT molecular complexity index is 1150. The molecule has 1 fully saturated rings. The van der Waals surface area contributed by atoms with Gasteiger partial charge < -0.3 is 9.80 Å². The molecule has 5 nitrogen and oxygen atoms in total. The third kappa shape index (κ3) is 3.76. The largest absolute Gasteiger partial charge is 0.345 e. The molecule has 0 saturated carbocycles. The van der Waals surface area contributed by atoms with E-state index in [-0.39, 0.29) is 0 Å². The number of quaternary nitrogens is 1. The Morgan fingerprint density at radius 1 is 0.900 bits per heavy atom. The minimum Gasteiger partial charge on any atom is -0.345 e. The SMILES string of the molecule is Cc1ccccc1C[NH+]1CCN(c2nc(-c3cccnc3)nc3ccccc23)CC1. The van der Waals surface area contributed by atoms with E-state index >= 15 is 0 Å². The highest BCUT2D eigenvalue weighted by atomic mass is 15.3. The lowest BCUT2D eigenvalue weighted by molar-refractivity contribution is -0.914. The highest BCUT2D eigenvalue weighted by molar-refractivity contribution is 5.91. The number of fused-ring (bicyclic) bond motifs is 1. The number of nitrogens with zero attached hydrogens (tertiary/aromatic N) is 4. The predicted molar refractivity (Wildman–Crippen MR) is 121 cm³/mol. The average molecular weight is 397 g/mol. The van der Waals surface area contributed by atoms with Crippen molar-refractivity contribution in [3.63, 3.8) is 0 Å². The lowest BCUT2D eigenvalue weighted by Gasteiger charge is -2.33. The maximum absolute atomic E-state index is 4.98. The van der Waals surface area contributed by atoms with Crippen LogP contribution in [0.5, 0.6) is 0 Å². The van der Waals surface area contributed by atoms with Crippen molar-refractivity contribution in [2.24, 2.45) is 0 Å². The smallest absolute Gasteiger partial charge is 0.163 e. The highest BCUT2D eigenvalue weighted by Gasteiger charge is 2.24. The van der Waals surface area contributed by atoms with Gasteiger partial charge in [0.05, 0.1) is 31.7 Å². The molecule has 0 aliphatic carbocycles. The lowest BCUT2D eigenvalue weighted by atomic mass is 10.1. The van der Waals surface area contributed by atoms with E-state index < -0.39 is 0 Å². The topological polar surface area (TPSA) is 46.4 Å². The maximum atomic E-state index is 4.98. The fourth-order valence-electron chi connectivity index (χ4n) is 4.21. The number of hydrogen-bond donors (Lipinski definition) is 1. The van der Waals surface area contributed by atoms with E-state index in [2.05, 4.69) is 59.3 Å². The Morgan fingerprint density at radius 3 is 2.50 bits per heavy atom. The summed E-state index contributed by atoms with van der Waals surface area (Å²) in [5.41, 5.74) is 4.77. The first-order chi connectivity index (χ1) is 14.8. The first kappa shape index (κ1) is 18.7. The molecule has 3 heterocycles. The van der Waals surface area contributed by atoms with Gasteiger partial charge in [0.1, 0.15) is 12.4 Å². The summed E-state index contributed by atoms with van der Waals surface area (Å²) in [5, 5.41) is 1.12. The van der Waals surface area contributed by atoms with Crippen molar-refractivity contribution in [2.75, 3.05) is 31.1 Å². The number of anilines is 1. The minimum atomic E-state index is 0.742. The molecule has 0 atom stereocenters. The number of aromatic nitrogens is 3. The Balaban J connectivity index is 1.41. The Labute approximate surface area is 177 Å². The number of aryl methyl sites for hydroxylation is 1. The van der Waals surface area contributed by atoms with Crippen LogP contribution >= 0.6 is 0 Å². The van der Waals surface area contributed by atoms with Gasteiger partial charge in [-0.05, 0) is 36.8 Å². The van der Waals surface area contributed by atoms with Gasteiger partial charge in [-0.2, -0.15) is 0 Å². The molecule has 2 aromatic heterocycles. The van der Waals surface area contributed by atoms with Gasteiger partial charge in [-0.1, -0.05) is 36.4 Å². The predicted octanol–water partition coefficient (Wildman–Crippen LogP) is 2.91. The van der Waals surface area contributed by atoms with E-state index in [0.717, 1.165) is 60.8 Å². The van der Waals surface area contributed by atoms with Crippen LogP contribution in [0.4, 0.5) is 5.82 Å². The fraction of sp³-hybridized carbons (Fsp3) is 0.240. The van der Waals surface area contributed by atoms with Crippen LogP contribution in [-0.4, -0.2) is 41.1 Å². The number of nitrogens with one attached hydrogen (secondary N) is 1.